The monoisotopic (exact) mass is 450 g/mol. The molecule has 7 nitrogen and oxygen atoms in total. The van der Waals surface area contributed by atoms with Crippen LogP contribution in [0.1, 0.15) is 11.1 Å². The summed E-state index contributed by atoms with van der Waals surface area (Å²) in [6.07, 6.45) is -3.16. The van der Waals surface area contributed by atoms with Crippen molar-refractivity contribution < 1.29 is 37.0 Å². The number of amides is 3. The van der Waals surface area contributed by atoms with Gasteiger partial charge in [-0.05, 0) is 47.7 Å². The average molecular weight is 450 g/mol. The van der Waals surface area contributed by atoms with Crippen molar-refractivity contribution in [3.63, 3.8) is 0 Å². The number of carbonyl (C=O) groups excluding carboxylic acids is 3. The fraction of sp³-hybridized carbons (Fsp3) is 0.150. The zero-order chi connectivity index (χ0) is 22.2. The highest BCUT2D eigenvalue weighted by Gasteiger charge is 2.36. The molecule has 160 valence electrons. The van der Waals surface area contributed by atoms with Crippen molar-refractivity contribution in [3.8, 4) is 11.5 Å². The van der Waals surface area contributed by atoms with E-state index in [-0.39, 0.29) is 11.7 Å². The first-order valence-corrected chi connectivity index (χ1v) is 9.64. The van der Waals surface area contributed by atoms with Crippen molar-refractivity contribution in [2.45, 2.75) is 6.18 Å². The number of fused-ring (bicyclic) bond motifs is 1. The molecule has 2 heterocycles. The highest BCUT2D eigenvalue weighted by atomic mass is 32.2. The van der Waals surface area contributed by atoms with Gasteiger partial charge in [-0.3, -0.25) is 19.3 Å². The Morgan fingerprint density at radius 3 is 2.52 bits per heavy atom. The molecule has 1 fully saturated rings. The van der Waals surface area contributed by atoms with Gasteiger partial charge in [-0.15, -0.1) is 0 Å². The van der Waals surface area contributed by atoms with Crippen LogP contribution in [0.4, 0.5) is 23.7 Å². The highest BCUT2D eigenvalue weighted by Crippen LogP contribution is 2.35. The molecule has 2 aromatic carbocycles. The third-order valence-electron chi connectivity index (χ3n) is 4.37. The van der Waals surface area contributed by atoms with Crippen LogP contribution in [-0.2, 0) is 15.8 Å². The van der Waals surface area contributed by atoms with E-state index in [4.69, 9.17) is 9.47 Å². The number of hydrogen-bond acceptors (Lipinski definition) is 6. The standard InChI is InChI=1S/C20H13F3N2O5S/c21-20(22,23)12-3-1-11(2-4-12)7-16-18(27)25(19(28)31-16)9-17(26)24-13-5-6-14-15(8-13)30-10-29-14/h1-8H,9-10H2,(H,24,26)/b16-7-. The Kier molecular flexibility index (Phi) is 5.36. The van der Waals surface area contributed by atoms with Gasteiger partial charge in [-0.2, -0.15) is 13.2 Å². The molecule has 0 radical (unpaired) electrons. The van der Waals surface area contributed by atoms with Gasteiger partial charge < -0.3 is 14.8 Å². The lowest BCUT2D eigenvalue weighted by molar-refractivity contribution is -0.137. The number of anilines is 1. The van der Waals surface area contributed by atoms with Gasteiger partial charge in [0.05, 0.1) is 10.5 Å². The molecule has 0 spiro atoms. The van der Waals surface area contributed by atoms with E-state index in [1.54, 1.807) is 18.2 Å². The van der Waals surface area contributed by atoms with Crippen LogP contribution < -0.4 is 14.8 Å². The molecule has 2 aromatic rings. The van der Waals surface area contributed by atoms with E-state index >= 15 is 0 Å². The van der Waals surface area contributed by atoms with E-state index < -0.39 is 35.3 Å². The number of thioether (sulfide) groups is 1. The minimum Gasteiger partial charge on any atom is -0.454 e. The molecule has 2 aliphatic heterocycles. The molecule has 0 saturated carbocycles. The first kappa shape index (κ1) is 20.8. The normalized spacial score (nSPS) is 16.9. The van der Waals surface area contributed by atoms with Crippen LogP contribution in [0, 0.1) is 0 Å². The Balaban J connectivity index is 1.42. The molecule has 0 aromatic heterocycles. The topological polar surface area (TPSA) is 84.9 Å². The number of halogens is 3. The zero-order valence-corrected chi connectivity index (χ0v) is 16.4. The van der Waals surface area contributed by atoms with Gasteiger partial charge in [0, 0.05) is 11.8 Å². The molecule has 4 rings (SSSR count). The van der Waals surface area contributed by atoms with E-state index in [2.05, 4.69) is 5.32 Å². The quantitative estimate of drug-likeness (QED) is 0.706. The Hall–Kier alpha value is -3.47. The molecule has 0 atom stereocenters. The summed E-state index contributed by atoms with van der Waals surface area (Å²) in [5.74, 6) is -0.298. The van der Waals surface area contributed by atoms with Gasteiger partial charge in [0.2, 0.25) is 12.7 Å². The summed E-state index contributed by atoms with van der Waals surface area (Å²) < 4.78 is 48.4. The maximum atomic E-state index is 12.7. The van der Waals surface area contributed by atoms with Gasteiger partial charge in [-0.25, -0.2) is 0 Å². The number of benzene rings is 2. The molecule has 31 heavy (non-hydrogen) atoms. The van der Waals surface area contributed by atoms with Crippen molar-refractivity contribution in [2.24, 2.45) is 0 Å². The summed E-state index contributed by atoms with van der Waals surface area (Å²) in [5.41, 5.74) is -0.0947. The van der Waals surface area contributed by atoms with E-state index in [1.165, 1.54) is 18.2 Å². The van der Waals surface area contributed by atoms with Crippen molar-refractivity contribution in [2.75, 3.05) is 18.7 Å². The highest BCUT2D eigenvalue weighted by molar-refractivity contribution is 8.18. The predicted molar refractivity (Wildman–Crippen MR) is 105 cm³/mol. The van der Waals surface area contributed by atoms with Crippen LogP contribution in [0.5, 0.6) is 11.5 Å². The minimum absolute atomic E-state index is 0.0145. The number of nitrogens with zero attached hydrogens (tertiary/aromatic N) is 1. The largest absolute Gasteiger partial charge is 0.454 e. The number of rotatable bonds is 4. The predicted octanol–water partition coefficient (Wildman–Crippen LogP) is 4.11. The van der Waals surface area contributed by atoms with Crippen LogP contribution in [0.3, 0.4) is 0 Å². The number of nitrogens with one attached hydrogen (secondary N) is 1. The first-order chi connectivity index (χ1) is 14.7. The van der Waals surface area contributed by atoms with E-state index in [0.717, 1.165) is 17.0 Å². The molecule has 2 aliphatic rings. The van der Waals surface area contributed by atoms with Gasteiger partial charge in [0.25, 0.3) is 11.1 Å². The third kappa shape index (κ3) is 4.50. The Morgan fingerprint density at radius 2 is 1.81 bits per heavy atom. The molecular weight excluding hydrogens is 437 g/mol. The fourth-order valence-corrected chi connectivity index (χ4v) is 3.71. The summed E-state index contributed by atoms with van der Waals surface area (Å²) in [4.78, 5) is 37.8. The lowest BCUT2D eigenvalue weighted by Crippen LogP contribution is -2.36. The lowest BCUT2D eigenvalue weighted by atomic mass is 10.1. The molecule has 0 unspecified atom stereocenters. The van der Waals surface area contributed by atoms with Gasteiger partial charge in [0.1, 0.15) is 6.54 Å². The van der Waals surface area contributed by atoms with Gasteiger partial charge in [-0.1, -0.05) is 12.1 Å². The van der Waals surface area contributed by atoms with Crippen LogP contribution in [-0.4, -0.2) is 35.3 Å². The summed E-state index contributed by atoms with van der Waals surface area (Å²) in [7, 11) is 0. The third-order valence-corrected chi connectivity index (χ3v) is 5.27. The molecule has 1 N–H and O–H groups in total. The summed E-state index contributed by atoms with van der Waals surface area (Å²) >= 11 is 0.611. The van der Waals surface area contributed by atoms with Crippen molar-refractivity contribution in [1.29, 1.82) is 0 Å². The van der Waals surface area contributed by atoms with Crippen molar-refractivity contribution in [1.82, 2.24) is 4.90 Å². The van der Waals surface area contributed by atoms with Gasteiger partial charge >= 0.3 is 6.18 Å². The van der Waals surface area contributed by atoms with Crippen LogP contribution in [0.15, 0.2) is 47.4 Å². The zero-order valence-electron chi connectivity index (χ0n) is 15.6. The Labute approximate surface area is 177 Å². The Morgan fingerprint density at radius 1 is 1.10 bits per heavy atom. The Bertz CT molecular complexity index is 1100. The smallest absolute Gasteiger partial charge is 0.416 e. The molecule has 3 amide bonds. The SMILES string of the molecule is O=C(CN1C(=O)S/C(=C\c2ccc(C(F)(F)F)cc2)C1=O)Nc1ccc2c(c1)OCO2. The van der Waals surface area contributed by atoms with Crippen molar-refractivity contribution in [3.05, 3.63) is 58.5 Å². The second kappa shape index (κ2) is 7.99. The molecule has 1 saturated heterocycles. The molecular formula is C20H13F3N2O5S. The van der Waals surface area contributed by atoms with E-state index in [0.29, 0.717) is 34.5 Å². The van der Waals surface area contributed by atoms with Crippen LogP contribution in [0.2, 0.25) is 0 Å². The number of hydrogen-bond donors (Lipinski definition) is 1. The van der Waals surface area contributed by atoms with Crippen molar-refractivity contribution >= 4 is 40.6 Å². The summed E-state index contributed by atoms with van der Waals surface area (Å²) in [5, 5.41) is 1.92. The maximum absolute atomic E-state index is 12.7. The number of alkyl halides is 3. The van der Waals surface area contributed by atoms with Crippen LogP contribution >= 0.6 is 11.8 Å². The molecule has 11 heteroatoms. The van der Waals surface area contributed by atoms with Crippen LogP contribution in [0.25, 0.3) is 6.08 Å². The average Bonchev–Trinajstić information content (AvgIpc) is 3.27. The molecule has 0 aliphatic carbocycles. The number of carbonyl (C=O) groups is 3. The second-order valence-electron chi connectivity index (χ2n) is 6.50. The molecule has 0 bridgehead atoms. The summed E-state index contributed by atoms with van der Waals surface area (Å²) in [6, 6.07) is 8.92. The maximum Gasteiger partial charge on any atom is 0.416 e. The fourth-order valence-electron chi connectivity index (χ4n) is 2.87. The number of imide groups is 1. The summed E-state index contributed by atoms with van der Waals surface area (Å²) in [6.45, 7) is -0.432. The van der Waals surface area contributed by atoms with E-state index in [1.807, 2.05) is 0 Å². The minimum atomic E-state index is -4.47. The lowest BCUT2D eigenvalue weighted by Gasteiger charge is -2.12. The van der Waals surface area contributed by atoms with Gasteiger partial charge in [0.15, 0.2) is 11.5 Å². The second-order valence-corrected chi connectivity index (χ2v) is 7.50. The van der Waals surface area contributed by atoms with E-state index in [9.17, 15) is 27.6 Å². The first-order valence-electron chi connectivity index (χ1n) is 8.83. The number of ether oxygens (including phenoxy) is 2.